The number of halogens is 1. The van der Waals surface area contributed by atoms with Gasteiger partial charge in [-0.1, -0.05) is 44.2 Å². The summed E-state index contributed by atoms with van der Waals surface area (Å²) in [4.78, 5) is 13.1. The van der Waals surface area contributed by atoms with Crippen LogP contribution in [-0.2, 0) is 16.8 Å². The molecule has 1 aliphatic heterocycles. The number of rotatable bonds is 6. The molecule has 0 radical (unpaired) electrons. The van der Waals surface area contributed by atoms with E-state index in [1.54, 1.807) is 6.20 Å². The smallest absolute Gasteiger partial charge is 0.248 e. The number of hydrogen-bond donors (Lipinski definition) is 2. The molecule has 0 atom stereocenters. The standard InChI is InChI=1S/C20H28N4O.ClH/c1-19(2,15-17-7-4-3-5-8-17)16-22-18(25)20(9-12-21-13-10-20)24-14-6-11-23-24;/h3-8,11,14,21H,9-10,12-13,15-16H2,1-2H3,(H,22,25);1H. The van der Waals surface area contributed by atoms with Crippen LogP contribution in [0.2, 0.25) is 0 Å². The van der Waals surface area contributed by atoms with Gasteiger partial charge < -0.3 is 10.6 Å². The molecule has 2 N–H and O–H groups in total. The van der Waals surface area contributed by atoms with Gasteiger partial charge in [-0.3, -0.25) is 9.48 Å². The predicted octanol–water partition coefficient (Wildman–Crippen LogP) is 2.77. The van der Waals surface area contributed by atoms with E-state index >= 15 is 0 Å². The van der Waals surface area contributed by atoms with Crippen molar-refractivity contribution in [1.29, 1.82) is 0 Å². The van der Waals surface area contributed by atoms with Gasteiger partial charge in [0.15, 0.2) is 0 Å². The van der Waals surface area contributed by atoms with Crippen molar-refractivity contribution in [1.82, 2.24) is 20.4 Å². The molecule has 1 fully saturated rings. The minimum Gasteiger partial charge on any atom is -0.353 e. The highest BCUT2D eigenvalue weighted by Gasteiger charge is 2.42. The van der Waals surface area contributed by atoms with Crippen LogP contribution in [0.4, 0.5) is 0 Å². The van der Waals surface area contributed by atoms with Gasteiger partial charge in [0.05, 0.1) is 0 Å². The lowest BCUT2D eigenvalue weighted by molar-refractivity contribution is -0.132. The first-order chi connectivity index (χ1) is 12.0. The third-order valence-corrected chi connectivity index (χ3v) is 5.05. The van der Waals surface area contributed by atoms with Gasteiger partial charge >= 0.3 is 0 Å². The highest BCUT2D eigenvalue weighted by Crippen LogP contribution is 2.28. The average Bonchev–Trinajstić information content (AvgIpc) is 3.16. The van der Waals surface area contributed by atoms with Crippen molar-refractivity contribution < 1.29 is 4.79 Å². The Morgan fingerprint density at radius 2 is 1.92 bits per heavy atom. The molecular weight excluding hydrogens is 348 g/mol. The maximum Gasteiger partial charge on any atom is 0.248 e. The highest BCUT2D eigenvalue weighted by molar-refractivity contribution is 5.85. The number of piperidine rings is 1. The number of carbonyl (C=O) groups is 1. The molecule has 0 saturated carbocycles. The van der Waals surface area contributed by atoms with Gasteiger partial charge in [-0.05, 0) is 49.4 Å². The lowest BCUT2D eigenvalue weighted by Gasteiger charge is -2.37. The normalized spacial score (nSPS) is 16.5. The number of amides is 1. The molecule has 6 heteroatoms. The zero-order valence-electron chi connectivity index (χ0n) is 15.6. The van der Waals surface area contributed by atoms with Crippen LogP contribution in [0, 0.1) is 5.41 Å². The van der Waals surface area contributed by atoms with Crippen molar-refractivity contribution in [2.75, 3.05) is 19.6 Å². The molecule has 0 unspecified atom stereocenters. The van der Waals surface area contributed by atoms with E-state index in [0.29, 0.717) is 6.54 Å². The SMILES string of the molecule is CC(C)(CNC(=O)C1(n2cccn2)CCNCC1)Cc1ccccc1.Cl. The van der Waals surface area contributed by atoms with Gasteiger partial charge in [-0.15, -0.1) is 12.4 Å². The third kappa shape index (κ3) is 4.65. The fourth-order valence-corrected chi connectivity index (χ4v) is 3.62. The van der Waals surface area contributed by atoms with Crippen LogP contribution in [0.25, 0.3) is 0 Å². The van der Waals surface area contributed by atoms with Crippen molar-refractivity contribution >= 4 is 18.3 Å². The van der Waals surface area contributed by atoms with Crippen LogP contribution in [0.5, 0.6) is 0 Å². The van der Waals surface area contributed by atoms with Crippen LogP contribution in [0.1, 0.15) is 32.3 Å². The lowest BCUT2D eigenvalue weighted by atomic mass is 9.84. The summed E-state index contributed by atoms with van der Waals surface area (Å²) in [5, 5.41) is 10.9. The minimum atomic E-state index is -0.572. The van der Waals surface area contributed by atoms with Gasteiger partial charge in [-0.2, -0.15) is 5.10 Å². The average molecular weight is 377 g/mol. The fourth-order valence-electron chi connectivity index (χ4n) is 3.62. The van der Waals surface area contributed by atoms with E-state index in [4.69, 9.17) is 0 Å². The maximum absolute atomic E-state index is 13.1. The number of benzene rings is 1. The Bertz CT molecular complexity index is 679. The summed E-state index contributed by atoms with van der Waals surface area (Å²) in [7, 11) is 0. The summed E-state index contributed by atoms with van der Waals surface area (Å²) in [5.41, 5.74) is 0.720. The van der Waals surface area contributed by atoms with E-state index in [1.807, 2.05) is 23.0 Å². The monoisotopic (exact) mass is 376 g/mol. The maximum atomic E-state index is 13.1. The minimum absolute atomic E-state index is 0. The molecule has 26 heavy (non-hydrogen) atoms. The molecule has 0 aliphatic carbocycles. The Hall–Kier alpha value is -1.85. The third-order valence-electron chi connectivity index (χ3n) is 5.05. The van der Waals surface area contributed by atoms with Crippen LogP contribution >= 0.6 is 12.4 Å². The first kappa shape index (κ1) is 20.5. The molecule has 1 saturated heterocycles. The van der Waals surface area contributed by atoms with Crippen LogP contribution in [0.3, 0.4) is 0 Å². The Balaban J connectivity index is 0.00000243. The number of carbonyl (C=O) groups excluding carboxylic acids is 1. The Morgan fingerprint density at radius 1 is 1.23 bits per heavy atom. The summed E-state index contributed by atoms with van der Waals surface area (Å²) in [6, 6.07) is 12.3. The Labute approximate surface area is 162 Å². The Morgan fingerprint density at radius 3 is 2.54 bits per heavy atom. The first-order valence-electron chi connectivity index (χ1n) is 9.05. The second-order valence-corrected chi connectivity index (χ2v) is 7.74. The van der Waals surface area contributed by atoms with Crippen LogP contribution < -0.4 is 10.6 Å². The second kappa shape index (κ2) is 8.69. The van der Waals surface area contributed by atoms with Crippen LogP contribution in [-0.4, -0.2) is 35.3 Å². The summed E-state index contributed by atoms with van der Waals surface area (Å²) >= 11 is 0. The van der Waals surface area contributed by atoms with Crippen LogP contribution in [0.15, 0.2) is 48.8 Å². The van der Waals surface area contributed by atoms with E-state index < -0.39 is 5.54 Å². The molecule has 2 aromatic rings. The van der Waals surface area contributed by atoms with Gasteiger partial charge in [0.25, 0.3) is 0 Å². The largest absolute Gasteiger partial charge is 0.353 e. The zero-order chi connectivity index (χ0) is 17.8. The molecule has 3 rings (SSSR count). The van der Waals surface area contributed by atoms with Gasteiger partial charge in [0.1, 0.15) is 5.54 Å². The van der Waals surface area contributed by atoms with Gasteiger partial charge in [0.2, 0.25) is 5.91 Å². The van der Waals surface area contributed by atoms with Crippen molar-refractivity contribution in [2.24, 2.45) is 5.41 Å². The topological polar surface area (TPSA) is 59.0 Å². The molecular formula is C20H29ClN4O. The second-order valence-electron chi connectivity index (χ2n) is 7.74. The summed E-state index contributed by atoms with van der Waals surface area (Å²) < 4.78 is 1.84. The lowest BCUT2D eigenvalue weighted by Crippen LogP contribution is -2.55. The van der Waals surface area contributed by atoms with E-state index in [9.17, 15) is 4.79 Å². The van der Waals surface area contributed by atoms with Gasteiger partial charge in [-0.25, -0.2) is 0 Å². The number of nitrogens with zero attached hydrogens (tertiary/aromatic N) is 2. The fraction of sp³-hybridized carbons (Fsp3) is 0.500. The van der Waals surface area contributed by atoms with E-state index in [-0.39, 0.29) is 23.7 Å². The number of nitrogens with one attached hydrogen (secondary N) is 2. The molecule has 2 heterocycles. The molecule has 1 aromatic carbocycles. The molecule has 1 aliphatic rings. The van der Waals surface area contributed by atoms with E-state index in [1.165, 1.54) is 5.56 Å². The number of hydrogen-bond acceptors (Lipinski definition) is 3. The molecule has 5 nitrogen and oxygen atoms in total. The van der Waals surface area contributed by atoms with Crippen molar-refractivity contribution in [3.05, 3.63) is 54.4 Å². The quantitative estimate of drug-likeness (QED) is 0.815. The Kier molecular flexibility index (Phi) is 6.84. The molecule has 0 spiro atoms. The summed E-state index contributed by atoms with van der Waals surface area (Å²) in [6.07, 6.45) is 6.11. The summed E-state index contributed by atoms with van der Waals surface area (Å²) in [5.74, 6) is 0.0823. The van der Waals surface area contributed by atoms with Gasteiger partial charge in [0, 0.05) is 18.9 Å². The van der Waals surface area contributed by atoms with Crippen molar-refractivity contribution in [2.45, 2.75) is 38.6 Å². The van der Waals surface area contributed by atoms with E-state index in [2.05, 4.69) is 53.8 Å². The number of aromatic nitrogens is 2. The summed E-state index contributed by atoms with van der Waals surface area (Å²) in [6.45, 7) is 6.71. The highest BCUT2D eigenvalue weighted by atomic mass is 35.5. The van der Waals surface area contributed by atoms with E-state index in [0.717, 1.165) is 32.4 Å². The predicted molar refractivity (Wildman–Crippen MR) is 106 cm³/mol. The zero-order valence-corrected chi connectivity index (χ0v) is 16.4. The molecule has 0 bridgehead atoms. The molecule has 142 valence electrons. The molecule has 1 amide bonds. The first-order valence-corrected chi connectivity index (χ1v) is 9.05. The van der Waals surface area contributed by atoms with Crippen molar-refractivity contribution in [3.63, 3.8) is 0 Å². The molecule has 1 aromatic heterocycles. The van der Waals surface area contributed by atoms with Crippen molar-refractivity contribution in [3.8, 4) is 0 Å².